The number of hydrogen-bond donors (Lipinski definition) is 1. The van der Waals surface area contributed by atoms with E-state index >= 15 is 0 Å². The van der Waals surface area contributed by atoms with Gasteiger partial charge in [0.25, 0.3) is 0 Å². The lowest BCUT2D eigenvalue weighted by Crippen LogP contribution is -2.37. The first-order valence-electron chi connectivity index (χ1n) is 6.84. The van der Waals surface area contributed by atoms with Gasteiger partial charge in [0.2, 0.25) is 11.7 Å². The number of aliphatic carboxylic acids is 1. The summed E-state index contributed by atoms with van der Waals surface area (Å²) in [6.07, 6.45) is 0.518. The molecule has 1 N–H and O–H groups in total. The molecule has 21 heavy (non-hydrogen) atoms. The second-order valence-electron chi connectivity index (χ2n) is 5.00. The maximum atomic E-state index is 11.1. The first-order valence-corrected chi connectivity index (χ1v) is 6.84. The van der Waals surface area contributed by atoms with E-state index in [1.54, 1.807) is 11.9 Å². The van der Waals surface area contributed by atoms with Crippen molar-refractivity contribution in [3.8, 4) is 11.4 Å². The number of hydrogen-bond acceptors (Lipinski definition) is 5. The third kappa shape index (κ3) is 3.46. The normalized spacial score (nSPS) is 12.6. The van der Waals surface area contributed by atoms with Crippen molar-refractivity contribution in [2.45, 2.75) is 32.9 Å². The van der Waals surface area contributed by atoms with Gasteiger partial charge in [-0.3, -0.25) is 9.69 Å². The number of carboxylic acid groups (broad SMARTS) is 1. The van der Waals surface area contributed by atoms with E-state index < -0.39 is 12.0 Å². The zero-order chi connectivity index (χ0) is 15.4. The summed E-state index contributed by atoms with van der Waals surface area (Å²) < 4.78 is 5.22. The van der Waals surface area contributed by atoms with Gasteiger partial charge in [0.1, 0.15) is 6.04 Å². The van der Waals surface area contributed by atoms with Crippen LogP contribution in [0.2, 0.25) is 0 Å². The average molecular weight is 289 g/mol. The van der Waals surface area contributed by atoms with Crippen molar-refractivity contribution in [2.75, 3.05) is 7.05 Å². The van der Waals surface area contributed by atoms with Gasteiger partial charge in [0.15, 0.2) is 0 Å². The molecule has 0 saturated carbocycles. The second-order valence-corrected chi connectivity index (χ2v) is 5.00. The first-order chi connectivity index (χ1) is 10.0. The SMILES string of the molecule is CCC(C(=O)O)N(C)Cc1nc(-c2ccccc2C)no1. The van der Waals surface area contributed by atoms with Gasteiger partial charge in [0, 0.05) is 5.56 Å². The summed E-state index contributed by atoms with van der Waals surface area (Å²) in [5.41, 5.74) is 1.98. The third-order valence-electron chi connectivity index (χ3n) is 3.44. The molecule has 2 rings (SSSR count). The number of rotatable bonds is 6. The number of benzene rings is 1. The molecule has 0 radical (unpaired) electrons. The van der Waals surface area contributed by atoms with Crippen LogP contribution in [0.1, 0.15) is 24.8 Å². The lowest BCUT2D eigenvalue weighted by molar-refractivity contribution is -0.143. The molecule has 1 aromatic carbocycles. The Balaban J connectivity index is 2.14. The zero-order valence-corrected chi connectivity index (χ0v) is 12.4. The number of aromatic nitrogens is 2. The molecule has 0 aliphatic heterocycles. The molecular weight excluding hydrogens is 270 g/mol. The summed E-state index contributed by atoms with van der Waals surface area (Å²) in [4.78, 5) is 17.2. The first kappa shape index (κ1) is 15.2. The van der Waals surface area contributed by atoms with Crippen LogP contribution in [0.5, 0.6) is 0 Å². The van der Waals surface area contributed by atoms with Crippen LogP contribution in [-0.4, -0.2) is 39.2 Å². The third-order valence-corrected chi connectivity index (χ3v) is 3.44. The van der Waals surface area contributed by atoms with E-state index in [2.05, 4.69) is 10.1 Å². The highest BCUT2D eigenvalue weighted by molar-refractivity contribution is 5.73. The van der Waals surface area contributed by atoms with Gasteiger partial charge >= 0.3 is 5.97 Å². The zero-order valence-electron chi connectivity index (χ0n) is 12.4. The Morgan fingerprint density at radius 1 is 1.43 bits per heavy atom. The molecule has 0 bridgehead atoms. The average Bonchev–Trinajstić information content (AvgIpc) is 2.87. The Morgan fingerprint density at radius 2 is 2.14 bits per heavy atom. The van der Waals surface area contributed by atoms with E-state index in [0.717, 1.165) is 11.1 Å². The van der Waals surface area contributed by atoms with Gasteiger partial charge in [-0.05, 0) is 26.0 Å². The number of carbonyl (C=O) groups is 1. The maximum Gasteiger partial charge on any atom is 0.320 e. The molecule has 0 aliphatic carbocycles. The standard InChI is InChI=1S/C15H19N3O3/c1-4-12(15(19)20)18(3)9-13-16-14(17-21-13)11-8-6-5-7-10(11)2/h5-8,12H,4,9H2,1-3H3,(H,19,20). The minimum absolute atomic E-state index is 0.309. The molecule has 2 aromatic rings. The number of likely N-dealkylation sites (N-methyl/N-ethyl adjacent to an activating group) is 1. The van der Waals surface area contributed by atoms with Crippen molar-refractivity contribution >= 4 is 5.97 Å². The van der Waals surface area contributed by atoms with Gasteiger partial charge in [-0.15, -0.1) is 0 Å². The number of aryl methyl sites for hydroxylation is 1. The van der Waals surface area contributed by atoms with Crippen molar-refractivity contribution in [2.24, 2.45) is 0 Å². The number of carboxylic acids is 1. The summed E-state index contributed by atoms with van der Waals surface area (Å²) in [5.74, 6) is 0.0916. The highest BCUT2D eigenvalue weighted by Gasteiger charge is 2.22. The van der Waals surface area contributed by atoms with Crippen LogP contribution in [0.3, 0.4) is 0 Å². The summed E-state index contributed by atoms with van der Waals surface area (Å²) in [6, 6.07) is 7.22. The molecule has 0 aliphatic rings. The topological polar surface area (TPSA) is 79.5 Å². The van der Waals surface area contributed by atoms with Gasteiger partial charge in [0.05, 0.1) is 6.54 Å². The molecule has 0 saturated heterocycles. The van der Waals surface area contributed by atoms with Crippen LogP contribution in [0.15, 0.2) is 28.8 Å². The minimum Gasteiger partial charge on any atom is -0.480 e. The monoisotopic (exact) mass is 289 g/mol. The van der Waals surface area contributed by atoms with Gasteiger partial charge in [-0.2, -0.15) is 4.98 Å². The van der Waals surface area contributed by atoms with Crippen molar-refractivity contribution in [1.82, 2.24) is 15.0 Å². The molecule has 0 fully saturated rings. The highest BCUT2D eigenvalue weighted by Crippen LogP contribution is 2.20. The van der Waals surface area contributed by atoms with Crippen molar-refractivity contribution in [1.29, 1.82) is 0 Å². The lowest BCUT2D eigenvalue weighted by atomic mass is 10.1. The largest absolute Gasteiger partial charge is 0.480 e. The molecule has 1 unspecified atom stereocenters. The fourth-order valence-corrected chi connectivity index (χ4v) is 2.25. The Morgan fingerprint density at radius 3 is 2.76 bits per heavy atom. The molecule has 6 nitrogen and oxygen atoms in total. The molecule has 0 spiro atoms. The van der Waals surface area contributed by atoms with E-state index in [1.807, 2.05) is 38.1 Å². The van der Waals surface area contributed by atoms with E-state index in [4.69, 9.17) is 9.63 Å². The Bertz CT molecular complexity index is 624. The molecular formula is C15H19N3O3. The molecule has 1 atom stereocenters. The lowest BCUT2D eigenvalue weighted by Gasteiger charge is -2.21. The number of nitrogens with zero attached hydrogens (tertiary/aromatic N) is 3. The summed E-state index contributed by atoms with van der Waals surface area (Å²) in [7, 11) is 1.74. The van der Waals surface area contributed by atoms with Crippen LogP contribution >= 0.6 is 0 Å². The summed E-state index contributed by atoms with van der Waals surface area (Å²) >= 11 is 0. The second kappa shape index (κ2) is 6.49. The Kier molecular flexibility index (Phi) is 4.70. The highest BCUT2D eigenvalue weighted by atomic mass is 16.5. The molecule has 6 heteroatoms. The summed E-state index contributed by atoms with van der Waals surface area (Å²) in [5, 5.41) is 13.1. The van der Waals surface area contributed by atoms with Crippen molar-refractivity contribution in [3.63, 3.8) is 0 Å². The fraction of sp³-hybridized carbons (Fsp3) is 0.400. The van der Waals surface area contributed by atoms with Gasteiger partial charge in [-0.1, -0.05) is 36.3 Å². The predicted octanol–water partition coefficient (Wildman–Crippen LogP) is 2.34. The van der Waals surface area contributed by atoms with Crippen LogP contribution in [0.4, 0.5) is 0 Å². The molecule has 1 heterocycles. The Hall–Kier alpha value is -2.21. The van der Waals surface area contributed by atoms with E-state index in [0.29, 0.717) is 24.7 Å². The smallest absolute Gasteiger partial charge is 0.320 e. The fourth-order valence-electron chi connectivity index (χ4n) is 2.25. The predicted molar refractivity (Wildman–Crippen MR) is 77.7 cm³/mol. The van der Waals surface area contributed by atoms with E-state index in [-0.39, 0.29) is 0 Å². The Labute approximate surface area is 123 Å². The molecule has 0 amide bonds. The van der Waals surface area contributed by atoms with Crippen LogP contribution in [-0.2, 0) is 11.3 Å². The molecule has 1 aromatic heterocycles. The van der Waals surface area contributed by atoms with Crippen molar-refractivity contribution in [3.05, 3.63) is 35.7 Å². The molecule has 112 valence electrons. The maximum absolute atomic E-state index is 11.1. The van der Waals surface area contributed by atoms with Crippen LogP contribution < -0.4 is 0 Å². The van der Waals surface area contributed by atoms with Crippen molar-refractivity contribution < 1.29 is 14.4 Å². The summed E-state index contributed by atoms with van der Waals surface area (Å²) in [6.45, 7) is 4.13. The quantitative estimate of drug-likeness (QED) is 0.879. The van der Waals surface area contributed by atoms with Crippen LogP contribution in [0, 0.1) is 6.92 Å². The van der Waals surface area contributed by atoms with Gasteiger partial charge in [-0.25, -0.2) is 0 Å². The van der Waals surface area contributed by atoms with E-state index in [9.17, 15) is 4.79 Å². The van der Waals surface area contributed by atoms with E-state index in [1.165, 1.54) is 0 Å². The minimum atomic E-state index is -0.848. The van der Waals surface area contributed by atoms with Gasteiger partial charge < -0.3 is 9.63 Å². The van der Waals surface area contributed by atoms with Crippen LogP contribution in [0.25, 0.3) is 11.4 Å².